The number of nitrogens with zero attached hydrogens (tertiary/aromatic N) is 1. The molecule has 0 bridgehead atoms. The summed E-state index contributed by atoms with van der Waals surface area (Å²) in [7, 11) is 1.04. The third-order valence-corrected chi connectivity index (χ3v) is 6.89. The zero-order chi connectivity index (χ0) is 26.4. The molecule has 36 heavy (non-hydrogen) atoms. The molecule has 1 atom stereocenters. The molecule has 1 aliphatic carbocycles. The van der Waals surface area contributed by atoms with Crippen LogP contribution in [0.1, 0.15) is 37.7 Å². The first-order valence-corrected chi connectivity index (χ1v) is 11.4. The summed E-state index contributed by atoms with van der Waals surface area (Å²) in [6.07, 6.45) is 0.428. The molecule has 0 radical (unpaired) electrons. The van der Waals surface area contributed by atoms with Crippen molar-refractivity contribution in [3.8, 4) is 11.1 Å². The van der Waals surface area contributed by atoms with Crippen molar-refractivity contribution in [2.75, 3.05) is 13.7 Å². The van der Waals surface area contributed by atoms with E-state index in [1.165, 1.54) is 6.07 Å². The van der Waals surface area contributed by atoms with Crippen molar-refractivity contribution >= 4 is 40.7 Å². The summed E-state index contributed by atoms with van der Waals surface area (Å²) in [5.41, 5.74) is -4.00. The number of fused-ring (bicyclic) bond motifs is 1. The number of esters is 2. The number of hydrogen-bond donors (Lipinski definition) is 1. The van der Waals surface area contributed by atoms with Crippen LogP contribution >= 0.6 is 22.9 Å². The number of benzene rings is 1. The number of thiophene rings is 1. The molecule has 2 heterocycles. The first-order valence-electron chi connectivity index (χ1n) is 10.2. The smallest absolute Gasteiger partial charge is 0.351 e. The Morgan fingerprint density at radius 2 is 1.97 bits per heavy atom. The van der Waals surface area contributed by atoms with Gasteiger partial charge >= 0.3 is 11.9 Å². The first-order chi connectivity index (χ1) is 17.0. The van der Waals surface area contributed by atoms with Gasteiger partial charge in [0.25, 0.3) is 0 Å². The zero-order valence-electron chi connectivity index (χ0n) is 18.3. The molecule has 0 amide bonds. The summed E-state index contributed by atoms with van der Waals surface area (Å²) in [5, 5.41) is 24.4. The minimum Gasteiger partial charge on any atom is -0.618 e. The second kappa shape index (κ2) is 9.52. The number of aromatic nitrogens is 1. The fourth-order valence-electron chi connectivity index (χ4n) is 3.92. The van der Waals surface area contributed by atoms with Crippen molar-refractivity contribution < 1.29 is 46.9 Å². The van der Waals surface area contributed by atoms with Crippen LogP contribution in [0, 0.1) is 22.7 Å². The molecule has 13 heteroatoms. The number of carbonyl (C=O) groups is 3. The summed E-state index contributed by atoms with van der Waals surface area (Å²) in [6.45, 7) is -0.985. The van der Waals surface area contributed by atoms with Crippen LogP contribution < -0.4 is 4.73 Å². The number of hydrogen-bond acceptors (Lipinski definition) is 8. The SMILES string of the molecule is COC(=O)c1scc(C(=O)COC(=O)C2(O)CCc3cc(-c4c(F)ccc(Cl)c4F)c[n+]([O-])c32)c1F. The lowest BCUT2D eigenvalue weighted by atomic mass is 9.99. The summed E-state index contributed by atoms with van der Waals surface area (Å²) in [5.74, 6) is -6.52. The van der Waals surface area contributed by atoms with Gasteiger partial charge in [-0.25, -0.2) is 22.8 Å². The molecule has 1 aromatic carbocycles. The van der Waals surface area contributed by atoms with Gasteiger partial charge in [-0.15, -0.1) is 11.3 Å². The molecule has 3 aromatic rings. The molecule has 1 aliphatic rings. The molecule has 1 unspecified atom stereocenters. The number of aliphatic hydroxyl groups is 1. The fourth-order valence-corrected chi connectivity index (χ4v) is 4.94. The van der Waals surface area contributed by atoms with Crippen molar-refractivity contribution in [2.45, 2.75) is 18.4 Å². The predicted molar refractivity (Wildman–Crippen MR) is 119 cm³/mol. The number of carbonyl (C=O) groups excluding carboxylic acids is 3. The van der Waals surface area contributed by atoms with E-state index in [0.717, 1.165) is 30.8 Å². The van der Waals surface area contributed by atoms with E-state index in [-0.39, 0.29) is 33.7 Å². The highest BCUT2D eigenvalue weighted by Crippen LogP contribution is 2.39. The predicted octanol–water partition coefficient (Wildman–Crippen LogP) is 3.47. The lowest BCUT2D eigenvalue weighted by Crippen LogP contribution is -2.46. The van der Waals surface area contributed by atoms with Crippen LogP contribution in [-0.2, 0) is 26.3 Å². The molecule has 0 saturated carbocycles. The monoisotopic (exact) mass is 541 g/mol. The maximum atomic E-state index is 14.4. The average molecular weight is 542 g/mol. The third kappa shape index (κ3) is 4.21. The van der Waals surface area contributed by atoms with Gasteiger partial charge in [0, 0.05) is 17.4 Å². The second-order valence-corrected chi connectivity index (χ2v) is 9.08. The Hall–Kier alpha value is -3.48. The number of Topliss-reactive ketones (excluding diaryl/α,β-unsaturated/α-hetero) is 1. The summed E-state index contributed by atoms with van der Waals surface area (Å²) < 4.78 is 52.4. The Balaban J connectivity index is 1.57. The van der Waals surface area contributed by atoms with Gasteiger partial charge in [-0.05, 0) is 24.6 Å². The number of methoxy groups -OCH3 is 1. The normalized spacial score (nSPS) is 16.5. The highest BCUT2D eigenvalue weighted by Gasteiger charge is 2.52. The average Bonchev–Trinajstić information content (AvgIpc) is 3.40. The molecule has 0 spiro atoms. The van der Waals surface area contributed by atoms with E-state index in [1.807, 2.05) is 0 Å². The number of rotatable bonds is 6. The maximum Gasteiger partial charge on any atom is 0.351 e. The Bertz CT molecular complexity index is 1430. The Morgan fingerprint density at radius 1 is 1.25 bits per heavy atom. The lowest BCUT2D eigenvalue weighted by Gasteiger charge is -2.20. The van der Waals surface area contributed by atoms with E-state index in [9.17, 15) is 37.9 Å². The van der Waals surface area contributed by atoms with Crippen molar-refractivity contribution in [2.24, 2.45) is 0 Å². The fraction of sp³-hybridized carbons (Fsp3) is 0.217. The lowest BCUT2D eigenvalue weighted by molar-refractivity contribution is -0.620. The maximum absolute atomic E-state index is 14.4. The van der Waals surface area contributed by atoms with Gasteiger partial charge in [-0.2, -0.15) is 4.73 Å². The highest BCUT2D eigenvalue weighted by atomic mass is 35.5. The topological polar surface area (TPSA) is 117 Å². The van der Waals surface area contributed by atoms with E-state index in [1.54, 1.807) is 0 Å². The molecule has 8 nitrogen and oxygen atoms in total. The van der Waals surface area contributed by atoms with E-state index < -0.39 is 69.1 Å². The third-order valence-electron chi connectivity index (χ3n) is 5.66. The summed E-state index contributed by atoms with van der Waals surface area (Å²) >= 11 is 6.34. The Morgan fingerprint density at radius 3 is 2.67 bits per heavy atom. The number of halogens is 4. The highest BCUT2D eigenvalue weighted by molar-refractivity contribution is 7.12. The molecule has 0 fully saturated rings. The standard InChI is InChI=1S/C23H15ClF3NO7S/c1-34-21(30)19-17(26)12(9-36-19)15(29)8-35-22(31)23(32)5-4-10-6-11(7-28(33)20(10)23)16-14(25)3-2-13(24)18(16)27/h2-3,6-7,9,32H,4-5,8H2,1H3. The zero-order valence-corrected chi connectivity index (χ0v) is 19.8. The number of ether oxygens (including phenoxy) is 2. The van der Waals surface area contributed by atoms with Crippen LogP contribution in [0.2, 0.25) is 5.02 Å². The van der Waals surface area contributed by atoms with Crippen LogP contribution in [0.3, 0.4) is 0 Å². The minimum absolute atomic E-state index is 0.0313. The largest absolute Gasteiger partial charge is 0.618 e. The molecule has 0 aliphatic heterocycles. The molecule has 1 N–H and O–H groups in total. The van der Waals surface area contributed by atoms with Crippen LogP contribution in [-0.4, -0.2) is 36.5 Å². The van der Waals surface area contributed by atoms with E-state index in [2.05, 4.69) is 4.74 Å². The van der Waals surface area contributed by atoms with Gasteiger partial charge in [0.1, 0.15) is 10.7 Å². The summed E-state index contributed by atoms with van der Waals surface area (Å²) in [6, 6.07) is 3.19. The van der Waals surface area contributed by atoms with Crippen molar-refractivity contribution in [3.05, 3.63) is 79.2 Å². The Labute approximate surface area is 210 Å². The second-order valence-electron chi connectivity index (χ2n) is 7.79. The van der Waals surface area contributed by atoms with E-state index in [4.69, 9.17) is 16.3 Å². The molecule has 2 aromatic heterocycles. The van der Waals surface area contributed by atoms with Gasteiger partial charge in [-0.3, -0.25) is 4.79 Å². The molecular weight excluding hydrogens is 527 g/mol. The van der Waals surface area contributed by atoms with E-state index in [0.29, 0.717) is 11.3 Å². The molecular formula is C23H15ClF3NO7S. The van der Waals surface area contributed by atoms with Crippen LogP contribution in [0.25, 0.3) is 11.1 Å². The van der Waals surface area contributed by atoms with Gasteiger partial charge in [0.05, 0.1) is 28.8 Å². The van der Waals surface area contributed by atoms with Crippen molar-refractivity contribution in [1.29, 1.82) is 0 Å². The van der Waals surface area contributed by atoms with Gasteiger partial charge in [-0.1, -0.05) is 11.6 Å². The number of aryl methyl sites for hydroxylation is 1. The van der Waals surface area contributed by atoms with Gasteiger partial charge < -0.3 is 19.8 Å². The Kier molecular flexibility index (Phi) is 6.78. The van der Waals surface area contributed by atoms with Gasteiger partial charge in [0.15, 0.2) is 24.4 Å². The molecule has 0 saturated heterocycles. The first kappa shape index (κ1) is 25.6. The number of ketones is 1. The van der Waals surface area contributed by atoms with Crippen molar-refractivity contribution in [3.63, 3.8) is 0 Å². The number of pyridine rings is 1. The molecule has 188 valence electrons. The van der Waals surface area contributed by atoms with Crippen LogP contribution in [0.5, 0.6) is 0 Å². The summed E-state index contributed by atoms with van der Waals surface area (Å²) in [4.78, 5) is 36.1. The van der Waals surface area contributed by atoms with Crippen LogP contribution in [0.15, 0.2) is 29.8 Å². The molecule has 4 rings (SSSR count). The minimum atomic E-state index is -2.47. The van der Waals surface area contributed by atoms with Gasteiger partial charge in [0.2, 0.25) is 17.1 Å². The van der Waals surface area contributed by atoms with E-state index >= 15 is 0 Å². The van der Waals surface area contributed by atoms with Crippen LogP contribution in [0.4, 0.5) is 13.2 Å². The quantitative estimate of drug-likeness (QED) is 0.167. The van der Waals surface area contributed by atoms with Crippen molar-refractivity contribution in [1.82, 2.24) is 0 Å².